The molecule has 0 spiro atoms. The first-order valence-electron chi connectivity index (χ1n) is 9.19. The summed E-state index contributed by atoms with van der Waals surface area (Å²) >= 11 is 0. The van der Waals surface area contributed by atoms with E-state index in [2.05, 4.69) is 9.93 Å². The van der Waals surface area contributed by atoms with E-state index in [1.54, 1.807) is 12.3 Å². The molecule has 174 valence electrons. The van der Waals surface area contributed by atoms with Crippen molar-refractivity contribution in [3.63, 3.8) is 0 Å². The minimum Gasteiger partial charge on any atom is -0.294 e. The Morgan fingerprint density at radius 1 is 0.875 bits per heavy atom. The molecule has 0 fully saturated rings. The van der Waals surface area contributed by atoms with Crippen LogP contribution in [0.3, 0.4) is 0 Å². The SMILES string of the molecule is CC.Cc1ccc(-c2ccc(CF)c(F)c2)nc1.FOc1cc(F)c(C(F)(F)F)c(F)c1. The molecule has 0 saturated carbocycles. The van der Waals surface area contributed by atoms with Gasteiger partial charge in [-0.2, -0.15) is 13.2 Å². The Morgan fingerprint density at radius 3 is 1.88 bits per heavy atom. The molecular weight excluding hydrogens is 446 g/mol. The minimum absolute atomic E-state index is 0.0795. The first kappa shape index (κ1) is 26.9. The number of hydrogen-bond acceptors (Lipinski definition) is 2. The van der Waals surface area contributed by atoms with Gasteiger partial charge in [-0.05, 0) is 24.6 Å². The van der Waals surface area contributed by atoms with Gasteiger partial charge in [0.05, 0.1) is 5.69 Å². The summed E-state index contributed by atoms with van der Waals surface area (Å²) in [4.78, 5) is 7.08. The number of aromatic nitrogens is 1. The summed E-state index contributed by atoms with van der Waals surface area (Å²) in [5.41, 5.74) is 0.406. The van der Waals surface area contributed by atoms with Gasteiger partial charge >= 0.3 is 6.18 Å². The molecule has 0 aliphatic carbocycles. The molecule has 1 heterocycles. The zero-order valence-electron chi connectivity index (χ0n) is 17.2. The largest absolute Gasteiger partial charge is 0.422 e. The topological polar surface area (TPSA) is 22.1 Å². The van der Waals surface area contributed by atoms with E-state index in [0.29, 0.717) is 11.3 Å². The second-order valence-corrected chi connectivity index (χ2v) is 6.00. The highest BCUT2D eigenvalue weighted by Crippen LogP contribution is 2.35. The Morgan fingerprint density at radius 2 is 1.47 bits per heavy atom. The molecule has 0 atom stereocenters. The van der Waals surface area contributed by atoms with Gasteiger partial charge in [0.2, 0.25) is 0 Å². The molecule has 32 heavy (non-hydrogen) atoms. The molecule has 0 amide bonds. The van der Waals surface area contributed by atoms with Crippen LogP contribution in [0.5, 0.6) is 5.75 Å². The van der Waals surface area contributed by atoms with Crippen LogP contribution in [-0.2, 0) is 12.9 Å². The second-order valence-electron chi connectivity index (χ2n) is 6.00. The number of aryl methyl sites for hydroxylation is 1. The van der Waals surface area contributed by atoms with Crippen LogP contribution in [0.4, 0.5) is 35.3 Å². The highest BCUT2D eigenvalue weighted by molar-refractivity contribution is 5.59. The van der Waals surface area contributed by atoms with Crippen LogP contribution < -0.4 is 4.94 Å². The van der Waals surface area contributed by atoms with Crippen molar-refractivity contribution in [1.82, 2.24) is 4.98 Å². The lowest BCUT2D eigenvalue weighted by Crippen LogP contribution is -2.11. The van der Waals surface area contributed by atoms with Crippen molar-refractivity contribution in [3.05, 3.63) is 82.8 Å². The minimum atomic E-state index is -5.16. The van der Waals surface area contributed by atoms with Gasteiger partial charge < -0.3 is 0 Å². The van der Waals surface area contributed by atoms with E-state index in [1.165, 1.54) is 12.1 Å². The third kappa shape index (κ3) is 7.21. The van der Waals surface area contributed by atoms with Crippen molar-refractivity contribution >= 4 is 0 Å². The quantitative estimate of drug-likeness (QED) is 0.367. The van der Waals surface area contributed by atoms with Gasteiger partial charge in [-0.25, -0.2) is 17.6 Å². The van der Waals surface area contributed by atoms with Crippen molar-refractivity contribution in [2.75, 3.05) is 0 Å². The average molecular weight is 465 g/mol. The Hall–Kier alpha value is -3.17. The Kier molecular flexibility index (Phi) is 10.1. The molecule has 3 aromatic rings. The molecule has 2 nitrogen and oxygen atoms in total. The van der Waals surface area contributed by atoms with E-state index >= 15 is 0 Å². The van der Waals surface area contributed by atoms with E-state index in [-0.39, 0.29) is 17.7 Å². The fourth-order valence-corrected chi connectivity index (χ4v) is 2.32. The van der Waals surface area contributed by atoms with Gasteiger partial charge in [0, 0.05) is 34.0 Å². The van der Waals surface area contributed by atoms with Gasteiger partial charge in [-0.1, -0.05) is 32.0 Å². The summed E-state index contributed by atoms with van der Waals surface area (Å²) in [6, 6.07) is 8.37. The molecule has 0 bridgehead atoms. The van der Waals surface area contributed by atoms with Crippen molar-refractivity contribution in [2.24, 2.45) is 0 Å². The Bertz CT molecular complexity index is 981. The number of pyridine rings is 1. The van der Waals surface area contributed by atoms with Crippen LogP contribution >= 0.6 is 0 Å². The van der Waals surface area contributed by atoms with Crippen LogP contribution in [0.1, 0.15) is 30.5 Å². The summed E-state index contributed by atoms with van der Waals surface area (Å²) in [6.45, 7) is 5.15. The number of alkyl halides is 4. The van der Waals surface area contributed by atoms with Gasteiger partial charge in [0.15, 0.2) is 5.75 Å². The highest BCUT2D eigenvalue weighted by atomic mass is 19.4. The number of rotatable bonds is 3. The zero-order valence-corrected chi connectivity index (χ0v) is 17.2. The summed E-state index contributed by atoms with van der Waals surface area (Å²) in [5, 5.41) is 0. The molecule has 0 saturated heterocycles. The smallest absolute Gasteiger partial charge is 0.294 e. The molecule has 0 unspecified atom stereocenters. The predicted octanol–water partition coefficient (Wildman–Crippen LogP) is 7.94. The molecule has 0 aliphatic rings. The lowest BCUT2D eigenvalue weighted by molar-refractivity contribution is -0.142. The molecule has 3 rings (SSSR count). The van der Waals surface area contributed by atoms with Crippen molar-refractivity contribution in [3.8, 4) is 17.0 Å². The van der Waals surface area contributed by atoms with Gasteiger partial charge in [0.25, 0.3) is 0 Å². The average Bonchev–Trinajstić information content (AvgIpc) is 2.74. The Balaban J connectivity index is 0.000000300. The van der Waals surface area contributed by atoms with Gasteiger partial charge in [-0.3, -0.25) is 9.93 Å². The maximum absolute atomic E-state index is 13.3. The molecule has 0 N–H and O–H groups in total. The number of nitrogens with zero attached hydrogens (tertiary/aromatic N) is 1. The van der Waals surface area contributed by atoms with Crippen LogP contribution in [0.15, 0.2) is 48.7 Å². The second kappa shape index (κ2) is 12.0. The fraction of sp³-hybridized carbons (Fsp3) is 0.227. The molecular formula is C22H19F8NO. The third-order valence-electron chi connectivity index (χ3n) is 3.79. The monoisotopic (exact) mass is 465 g/mol. The molecule has 1 aromatic heterocycles. The first-order valence-corrected chi connectivity index (χ1v) is 9.19. The Labute approximate surface area is 179 Å². The predicted molar refractivity (Wildman–Crippen MR) is 104 cm³/mol. The molecule has 10 heteroatoms. The van der Waals surface area contributed by atoms with E-state index in [9.17, 15) is 35.3 Å². The van der Waals surface area contributed by atoms with Crippen LogP contribution in [0.2, 0.25) is 0 Å². The van der Waals surface area contributed by atoms with Gasteiger partial charge in [-0.15, -0.1) is 0 Å². The maximum Gasteiger partial charge on any atom is 0.422 e. The third-order valence-corrected chi connectivity index (χ3v) is 3.79. The summed E-state index contributed by atoms with van der Waals surface area (Å²) < 4.78 is 98.0. The van der Waals surface area contributed by atoms with E-state index in [4.69, 9.17) is 0 Å². The standard InChI is InChI=1S/C13H11F2N.C7H2F6O.C2H6/c1-9-2-5-13(16-8-9)10-3-4-11(7-14)12(15)6-10;8-4-1-3(14-13)2-5(9)6(4)7(10,11)12;1-2/h2-6,8H,7H2,1H3;1-2H;1-2H3. The van der Waals surface area contributed by atoms with Crippen molar-refractivity contribution in [1.29, 1.82) is 0 Å². The van der Waals surface area contributed by atoms with E-state index in [0.717, 1.165) is 5.56 Å². The lowest BCUT2D eigenvalue weighted by atomic mass is 10.1. The highest BCUT2D eigenvalue weighted by Gasteiger charge is 2.38. The summed E-state index contributed by atoms with van der Waals surface area (Å²) in [7, 11) is 0. The maximum atomic E-state index is 13.3. The van der Waals surface area contributed by atoms with Crippen LogP contribution in [0, 0.1) is 24.4 Å². The number of halogens is 8. The number of benzene rings is 2. The number of hydrogen-bond donors (Lipinski definition) is 0. The van der Waals surface area contributed by atoms with Gasteiger partial charge in [0.1, 0.15) is 29.7 Å². The normalized spacial score (nSPS) is 10.5. The summed E-state index contributed by atoms with van der Waals surface area (Å²) in [5.74, 6) is -5.34. The molecule has 2 aromatic carbocycles. The van der Waals surface area contributed by atoms with Crippen molar-refractivity contribution < 1.29 is 40.2 Å². The van der Waals surface area contributed by atoms with E-state index < -0.39 is 41.6 Å². The zero-order chi connectivity index (χ0) is 24.5. The summed E-state index contributed by atoms with van der Waals surface area (Å²) in [6.07, 6.45) is -3.45. The first-order chi connectivity index (χ1) is 15.1. The van der Waals surface area contributed by atoms with E-state index in [1.807, 2.05) is 32.9 Å². The van der Waals surface area contributed by atoms with Crippen LogP contribution in [0.25, 0.3) is 11.3 Å². The molecule has 0 aliphatic heterocycles. The fourth-order valence-electron chi connectivity index (χ4n) is 2.32. The lowest BCUT2D eigenvalue weighted by Gasteiger charge is -2.09. The molecule has 0 radical (unpaired) electrons. The van der Waals surface area contributed by atoms with Crippen molar-refractivity contribution in [2.45, 2.75) is 33.6 Å². The van der Waals surface area contributed by atoms with Crippen LogP contribution in [-0.4, -0.2) is 4.98 Å².